The van der Waals surface area contributed by atoms with Crippen LogP contribution in [0, 0.1) is 6.92 Å². The highest BCUT2D eigenvalue weighted by atomic mass is 32.2. The zero-order chi connectivity index (χ0) is 17.5. The van der Waals surface area contributed by atoms with Crippen molar-refractivity contribution in [3.05, 3.63) is 35.4 Å². The SMILES string of the molecule is CCC1(CC)C=C(OS(=O)(=O)C(F)(F)F)c2ccc(C)cc2O1. The summed E-state index contributed by atoms with van der Waals surface area (Å²) in [6, 6.07) is 4.77. The van der Waals surface area contributed by atoms with Crippen LogP contribution in [0.25, 0.3) is 5.76 Å². The number of alkyl halides is 3. The molecule has 0 bridgehead atoms. The molecule has 23 heavy (non-hydrogen) atoms. The highest BCUT2D eigenvalue weighted by molar-refractivity contribution is 7.87. The molecule has 1 heterocycles. The van der Waals surface area contributed by atoms with Crippen molar-refractivity contribution in [1.82, 2.24) is 0 Å². The van der Waals surface area contributed by atoms with Crippen LogP contribution in [-0.2, 0) is 14.3 Å². The smallest absolute Gasteiger partial charge is 0.482 e. The number of fused-ring (bicyclic) bond motifs is 1. The molecule has 0 unspecified atom stereocenters. The van der Waals surface area contributed by atoms with Crippen molar-refractivity contribution in [2.45, 2.75) is 44.7 Å². The summed E-state index contributed by atoms with van der Waals surface area (Å²) in [6.07, 6.45) is 2.22. The number of benzene rings is 1. The molecule has 0 atom stereocenters. The fraction of sp³-hybridized carbons (Fsp3) is 0.467. The van der Waals surface area contributed by atoms with E-state index in [4.69, 9.17) is 4.74 Å². The van der Waals surface area contributed by atoms with E-state index in [2.05, 4.69) is 4.18 Å². The minimum absolute atomic E-state index is 0.181. The Bertz CT molecular complexity index is 732. The highest BCUT2D eigenvalue weighted by Crippen LogP contribution is 2.42. The first-order valence-electron chi connectivity index (χ1n) is 7.07. The number of hydrogen-bond donors (Lipinski definition) is 0. The van der Waals surface area contributed by atoms with Crippen LogP contribution in [0.4, 0.5) is 13.2 Å². The Morgan fingerprint density at radius 1 is 1.22 bits per heavy atom. The van der Waals surface area contributed by atoms with Gasteiger partial charge in [-0.2, -0.15) is 21.6 Å². The molecule has 0 aromatic heterocycles. The Morgan fingerprint density at radius 3 is 2.35 bits per heavy atom. The normalized spacial score (nSPS) is 17.0. The Morgan fingerprint density at radius 2 is 1.83 bits per heavy atom. The van der Waals surface area contributed by atoms with Gasteiger partial charge in [0.25, 0.3) is 0 Å². The van der Waals surface area contributed by atoms with Crippen LogP contribution in [-0.4, -0.2) is 19.5 Å². The van der Waals surface area contributed by atoms with Gasteiger partial charge in [0.1, 0.15) is 11.4 Å². The predicted octanol–water partition coefficient (Wildman–Crippen LogP) is 4.15. The van der Waals surface area contributed by atoms with Gasteiger partial charge in [0.2, 0.25) is 0 Å². The average molecular weight is 350 g/mol. The van der Waals surface area contributed by atoms with Gasteiger partial charge in [-0.25, -0.2) is 0 Å². The molecular formula is C15H17F3O4S. The summed E-state index contributed by atoms with van der Waals surface area (Å²) in [7, 11) is -5.74. The molecule has 1 aromatic carbocycles. The van der Waals surface area contributed by atoms with E-state index in [1.807, 2.05) is 0 Å². The standard InChI is InChI=1S/C15H17F3O4S/c1-4-14(5-2)9-13(22-23(19,20)15(16,17)18)11-7-6-10(3)8-12(11)21-14/h6-9H,4-5H2,1-3H3. The van der Waals surface area contributed by atoms with E-state index in [1.165, 1.54) is 12.1 Å². The van der Waals surface area contributed by atoms with E-state index in [1.54, 1.807) is 32.9 Å². The van der Waals surface area contributed by atoms with Crippen molar-refractivity contribution >= 4 is 15.9 Å². The Balaban J connectivity index is 2.57. The second-order valence-electron chi connectivity index (χ2n) is 5.37. The lowest BCUT2D eigenvalue weighted by Crippen LogP contribution is -2.36. The third kappa shape index (κ3) is 3.31. The molecule has 0 spiro atoms. The quantitative estimate of drug-likeness (QED) is 0.605. The van der Waals surface area contributed by atoms with E-state index in [-0.39, 0.29) is 11.3 Å². The van der Waals surface area contributed by atoms with E-state index < -0.39 is 21.2 Å². The lowest BCUT2D eigenvalue weighted by atomic mass is 9.91. The molecule has 1 aromatic rings. The van der Waals surface area contributed by atoms with Crippen molar-refractivity contribution in [2.75, 3.05) is 0 Å². The number of halogens is 3. The van der Waals surface area contributed by atoms with Gasteiger partial charge >= 0.3 is 15.6 Å². The molecule has 4 nitrogen and oxygen atoms in total. The van der Waals surface area contributed by atoms with Crippen LogP contribution in [0.2, 0.25) is 0 Å². The topological polar surface area (TPSA) is 52.6 Å². The number of hydrogen-bond acceptors (Lipinski definition) is 4. The molecule has 128 valence electrons. The van der Waals surface area contributed by atoms with Crippen LogP contribution in [0.5, 0.6) is 5.75 Å². The molecule has 1 aliphatic rings. The fourth-order valence-electron chi connectivity index (χ4n) is 2.32. The van der Waals surface area contributed by atoms with Gasteiger partial charge in [-0.05, 0) is 37.5 Å². The summed E-state index contributed by atoms with van der Waals surface area (Å²) >= 11 is 0. The van der Waals surface area contributed by atoms with Crippen LogP contribution >= 0.6 is 0 Å². The molecule has 0 saturated heterocycles. The van der Waals surface area contributed by atoms with Crippen molar-refractivity contribution in [1.29, 1.82) is 0 Å². The Kier molecular flexibility index (Phi) is 4.40. The summed E-state index contributed by atoms with van der Waals surface area (Å²) in [5, 5.41) is 0. The molecule has 0 radical (unpaired) electrons. The van der Waals surface area contributed by atoms with Crippen molar-refractivity contribution in [3.63, 3.8) is 0 Å². The molecule has 1 aliphatic heterocycles. The Labute approximate surface area is 133 Å². The molecule has 0 aliphatic carbocycles. The number of rotatable bonds is 4. The first kappa shape index (κ1) is 17.7. The molecule has 0 amide bonds. The second-order valence-corrected chi connectivity index (χ2v) is 6.90. The molecule has 0 N–H and O–H groups in total. The largest absolute Gasteiger partial charge is 0.534 e. The summed E-state index contributed by atoms with van der Waals surface area (Å²) in [5.41, 5.74) is -5.37. The van der Waals surface area contributed by atoms with Crippen LogP contribution in [0.1, 0.15) is 37.8 Å². The van der Waals surface area contributed by atoms with E-state index in [0.29, 0.717) is 18.6 Å². The zero-order valence-corrected chi connectivity index (χ0v) is 13.7. The van der Waals surface area contributed by atoms with Gasteiger partial charge < -0.3 is 8.92 Å². The first-order valence-corrected chi connectivity index (χ1v) is 8.48. The van der Waals surface area contributed by atoms with E-state index in [0.717, 1.165) is 5.56 Å². The van der Waals surface area contributed by atoms with Crippen LogP contribution in [0.3, 0.4) is 0 Å². The molecule has 2 rings (SSSR count). The summed E-state index contributed by atoms with van der Waals surface area (Å²) in [5.74, 6) is -0.0455. The van der Waals surface area contributed by atoms with Gasteiger partial charge in [-0.3, -0.25) is 0 Å². The predicted molar refractivity (Wildman–Crippen MR) is 79.2 cm³/mol. The summed E-state index contributed by atoms with van der Waals surface area (Å²) in [6.45, 7) is 5.40. The lowest BCUT2D eigenvalue weighted by molar-refractivity contribution is -0.0510. The lowest BCUT2D eigenvalue weighted by Gasteiger charge is -2.35. The zero-order valence-electron chi connectivity index (χ0n) is 12.9. The highest BCUT2D eigenvalue weighted by Gasteiger charge is 2.49. The van der Waals surface area contributed by atoms with Crippen LogP contribution in [0.15, 0.2) is 24.3 Å². The summed E-state index contributed by atoms with van der Waals surface area (Å²) in [4.78, 5) is 0. The minimum atomic E-state index is -5.74. The monoisotopic (exact) mass is 350 g/mol. The minimum Gasteiger partial charge on any atom is -0.482 e. The fourth-order valence-corrected chi connectivity index (χ4v) is 2.78. The number of aryl methyl sites for hydroxylation is 1. The van der Waals surface area contributed by atoms with Gasteiger partial charge in [0, 0.05) is 6.08 Å². The van der Waals surface area contributed by atoms with Gasteiger partial charge in [-0.1, -0.05) is 19.9 Å². The van der Waals surface area contributed by atoms with Crippen molar-refractivity contribution in [3.8, 4) is 5.75 Å². The van der Waals surface area contributed by atoms with Gasteiger partial charge in [-0.15, -0.1) is 0 Å². The molecule has 0 saturated carbocycles. The van der Waals surface area contributed by atoms with Crippen LogP contribution < -0.4 is 4.74 Å². The van der Waals surface area contributed by atoms with Crippen molar-refractivity contribution < 1.29 is 30.5 Å². The average Bonchev–Trinajstić information content (AvgIpc) is 2.44. The second kappa shape index (κ2) is 5.74. The van der Waals surface area contributed by atoms with Gasteiger partial charge in [0.15, 0.2) is 5.76 Å². The number of ether oxygens (including phenoxy) is 1. The summed E-state index contributed by atoms with van der Waals surface area (Å²) < 4.78 is 70.8. The Hall–Kier alpha value is -1.70. The molecule has 8 heteroatoms. The van der Waals surface area contributed by atoms with E-state index in [9.17, 15) is 21.6 Å². The third-order valence-electron chi connectivity index (χ3n) is 3.79. The van der Waals surface area contributed by atoms with Crippen molar-refractivity contribution in [2.24, 2.45) is 0 Å². The maximum Gasteiger partial charge on any atom is 0.534 e. The maximum absolute atomic E-state index is 12.6. The molecule has 0 fully saturated rings. The van der Waals surface area contributed by atoms with E-state index >= 15 is 0 Å². The first-order chi connectivity index (χ1) is 10.5. The molecular weight excluding hydrogens is 333 g/mol. The maximum atomic E-state index is 12.6. The van der Waals surface area contributed by atoms with Gasteiger partial charge in [0.05, 0.1) is 5.56 Å². The third-order valence-corrected chi connectivity index (χ3v) is 4.76.